The fraction of sp³-hybridized carbons (Fsp3) is 0.250. The zero-order valence-corrected chi connectivity index (χ0v) is 12.5. The number of ether oxygens (including phenoxy) is 2. The maximum absolute atomic E-state index is 11.7. The molecule has 0 aliphatic carbocycles. The first-order chi connectivity index (χ1) is 10.7. The maximum atomic E-state index is 11.7. The van der Waals surface area contributed by atoms with Gasteiger partial charge in [-0.05, 0) is 24.6 Å². The number of aromatic amines is 1. The molecule has 0 unspecified atom stereocenters. The van der Waals surface area contributed by atoms with Gasteiger partial charge < -0.3 is 19.8 Å². The number of carbonyl (C=O) groups is 2. The zero-order valence-electron chi connectivity index (χ0n) is 12.5. The Hall–Kier alpha value is -2.76. The van der Waals surface area contributed by atoms with E-state index in [0.717, 1.165) is 22.9 Å². The van der Waals surface area contributed by atoms with Crippen LogP contribution in [-0.2, 0) is 9.53 Å². The predicted molar refractivity (Wildman–Crippen MR) is 83.7 cm³/mol. The number of benzene rings is 1. The summed E-state index contributed by atoms with van der Waals surface area (Å²) in [5.74, 6) is -0.0229. The Kier molecular flexibility index (Phi) is 5.19. The van der Waals surface area contributed by atoms with Crippen LogP contribution in [0, 0.1) is 0 Å². The number of hydrogen-bond donors (Lipinski definition) is 2. The van der Waals surface area contributed by atoms with Gasteiger partial charge in [-0.15, -0.1) is 0 Å². The maximum Gasteiger partial charge on any atom is 0.412 e. The monoisotopic (exact) mass is 302 g/mol. The standard InChI is InChI=1S/C16H18N2O4/c1-3-9-17-16(20)22-13-6-4-5-12-15(13)11(10-18-12)7-8-14(19)21-2/h4-8,10,18H,3,9H2,1-2H3,(H,17,20). The van der Waals surface area contributed by atoms with Crippen LogP contribution in [0.5, 0.6) is 5.75 Å². The van der Waals surface area contributed by atoms with Gasteiger partial charge in [0.1, 0.15) is 5.75 Å². The van der Waals surface area contributed by atoms with Crippen molar-refractivity contribution in [2.45, 2.75) is 13.3 Å². The second-order valence-electron chi connectivity index (χ2n) is 4.60. The van der Waals surface area contributed by atoms with Crippen LogP contribution in [0.3, 0.4) is 0 Å². The number of nitrogens with one attached hydrogen (secondary N) is 2. The Morgan fingerprint density at radius 1 is 1.36 bits per heavy atom. The van der Waals surface area contributed by atoms with Crippen molar-refractivity contribution in [3.63, 3.8) is 0 Å². The van der Waals surface area contributed by atoms with Crippen molar-refractivity contribution in [1.82, 2.24) is 10.3 Å². The third kappa shape index (κ3) is 3.66. The number of aromatic nitrogens is 1. The van der Waals surface area contributed by atoms with Gasteiger partial charge in [-0.2, -0.15) is 0 Å². The van der Waals surface area contributed by atoms with Crippen molar-refractivity contribution in [2.75, 3.05) is 13.7 Å². The minimum atomic E-state index is -0.501. The summed E-state index contributed by atoms with van der Waals surface area (Å²) in [6.07, 6.45) is 4.99. The van der Waals surface area contributed by atoms with Crippen LogP contribution in [0.25, 0.3) is 17.0 Å². The molecule has 2 rings (SSSR count). The molecule has 116 valence electrons. The predicted octanol–water partition coefficient (Wildman–Crippen LogP) is 2.85. The molecule has 0 aliphatic rings. The third-order valence-electron chi connectivity index (χ3n) is 3.02. The molecule has 2 N–H and O–H groups in total. The highest BCUT2D eigenvalue weighted by Crippen LogP contribution is 2.29. The highest BCUT2D eigenvalue weighted by Gasteiger charge is 2.11. The van der Waals surface area contributed by atoms with Gasteiger partial charge in [0.25, 0.3) is 0 Å². The van der Waals surface area contributed by atoms with E-state index in [1.807, 2.05) is 13.0 Å². The highest BCUT2D eigenvalue weighted by atomic mass is 16.6. The summed E-state index contributed by atoms with van der Waals surface area (Å²) in [6, 6.07) is 5.36. The van der Waals surface area contributed by atoms with Crippen LogP contribution in [-0.4, -0.2) is 30.7 Å². The lowest BCUT2D eigenvalue weighted by molar-refractivity contribution is -0.134. The van der Waals surface area contributed by atoms with E-state index in [0.29, 0.717) is 12.3 Å². The van der Waals surface area contributed by atoms with Crippen LogP contribution in [0.4, 0.5) is 4.79 Å². The van der Waals surface area contributed by atoms with E-state index in [1.165, 1.54) is 13.2 Å². The van der Waals surface area contributed by atoms with Gasteiger partial charge in [0, 0.05) is 35.3 Å². The first-order valence-corrected chi connectivity index (χ1v) is 6.97. The molecule has 0 fully saturated rings. The van der Waals surface area contributed by atoms with E-state index in [4.69, 9.17) is 4.74 Å². The number of esters is 1. The van der Waals surface area contributed by atoms with E-state index in [1.54, 1.807) is 24.4 Å². The second-order valence-corrected chi connectivity index (χ2v) is 4.60. The number of amides is 1. The molecule has 0 saturated heterocycles. The molecule has 0 atom stereocenters. The van der Waals surface area contributed by atoms with Crippen LogP contribution in [0.15, 0.2) is 30.5 Å². The lowest BCUT2D eigenvalue weighted by Crippen LogP contribution is -2.27. The van der Waals surface area contributed by atoms with Crippen molar-refractivity contribution in [2.24, 2.45) is 0 Å². The SMILES string of the molecule is CCCNC(=O)Oc1cccc2[nH]cc(C=CC(=O)OC)c12. The first-order valence-electron chi connectivity index (χ1n) is 6.97. The van der Waals surface area contributed by atoms with E-state index >= 15 is 0 Å². The van der Waals surface area contributed by atoms with Gasteiger partial charge in [-0.1, -0.05) is 13.0 Å². The second kappa shape index (κ2) is 7.31. The van der Waals surface area contributed by atoms with Gasteiger partial charge in [0.05, 0.1) is 7.11 Å². The minimum absolute atomic E-state index is 0.428. The first kappa shape index (κ1) is 15.6. The lowest BCUT2D eigenvalue weighted by Gasteiger charge is -2.07. The van der Waals surface area contributed by atoms with Crippen molar-refractivity contribution < 1.29 is 19.1 Å². The van der Waals surface area contributed by atoms with E-state index in [-0.39, 0.29) is 0 Å². The van der Waals surface area contributed by atoms with Crippen LogP contribution in [0.2, 0.25) is 0 Å². The molecule has 6 nitrogen and oxygen atoms in total. The van der Waals surface area contributed by atoms with Gasteiger partial charge in [0.15, 0.2) is 0 Å². The molecule has 0 spiro atoms. The molecule has 0 aliphatic heterocycles. The van der Waals surface area contributed by atoms with Gasteiger partial charge in [-0.3, -0.25) is 0 Å². The normalized spacial score (nSPS) is 10.8. The van der Waals surface area contributed by atoms with Crippen molar-refractivity contribution in [1.29, 1.82) is 0 Å². The average Bonchev–Trinajstić information content (AvgIpc) is 2.94. The quantitative estimate of drug-likeness (QED) is 0.657. The number of H-pyrrole nitrogens is 1. The number of fused-ring (bicyclic) bond motifs is 1. The molecule has 1 aromatic heterocycles. The summed E-state index contributed by atoms with van der Waals surface area (Å²) in [4.78, 5) is 26.0. The molecule has 22 heavy (non-hydrogen) atoms. The highest BCUT2D eigenvalue weighted by molar-refractivity contribution is 5.98. The third-order valence-corrected chi connectivity index (χ3v) is 3.02. The zero-order chi connectivity index (χ0) is 15.9. The largest absolute Gasteiger partial charge is 0.466 e. The number of carbonyl (C=O) groups excluding carboxylic acids is 2. The molecule has 2 aromatic rings. The Morgan fingerprint density at radius 3 is 2.91 bits per heavy atom. The smallest absolute Gasteiger partial charge is 0.412 e. The number of rotatable bonds is 5. The summed E-state index contributed by atoms with van der Waals surface area (Å²) in [5.41, 5.74) is 1.55. The molecule has 6 heteroatoms. The van der Waals surface area contributed by atoms with E-state index in [2.05, 4.69) is 15.0 Å². The van der Waals surface area contributed by atoms with Crippen LogP contribution < -0.4 is 10.1 Å². The Morgan fingerprint density at radius 2 is 2.18 bits per heavy atom. The minimum Gasteiger partial charge on any atom is -0.466 e. The summed E-state index contributed by atoms with van der Waals surface area (Å²) >= 11 is 0. The molecule has 0 radical (unpaired) electrons. The Bertz CT molecular complexity index is 703. The molecular formula is C16H18N2O4. The van der Waals surface area contributed by atoms with Crippen LogP contribution >= 0.6 is 0 Å². The fourth-order valence-electron chi connectivity index (χ4n) is 1.98. The summed E-state index contributed by atoms with van der Waals surface area (Å²) in [7, 11) is 1.31. The summed E-state index contributed by atoms with van der Waals surface area (Å²) in [5, 5.41) is 3.38. The number of hydrogen-bond acceptors (Lipinski definition) is 4. The summed E-state index contributed by atoms with van der Waals surface area (Å²) < 4.78 is 9.91. The average molecular weight is 302 g/mol. The number of methoxy groups -OCH3 is 1. The van der Waals surface area contributed by atoms with Crippen LogP contribution in [0.1, 0.15) is 18.9 Å². The molecule has 1 amide bonds. The van der Waals surface area contributed by atoms with Gasteiger partial charge >= 0.3 is 12.1 Å². The van der Waals surface area contributed by atoms with Crippen molar-refractivity contribution in [3.05, 3.63) is 36.0 Å². The van der Waals surface area contributed by atoms with Gasteiger partial charge in [-0.25, -0.2) is 9.59 Å². The fourth-order valence-corrected chi connectivity index (χ4v) is 1.98. The van der Waals surface area contributed by atoms with Gasteiger partial charge in [0.2, 0.25) is 0 Å². The molecule has 1 aromatic carbocycles. The van der Waals surface area contributed by atoms with Crippen molar-refractivity contribution >= 4 is 29.0 Å². The Balaban J connectivity index is 2.30. The van der Waals surface area contributed by atoms with Crippen molar-refractivity contribution in [3.8, 4) is 5.75 Å². The Labute approximate surface area is 128 Å². The molecular weight excluding hydrogens is 284 g/mol. The molecule has 0 saturated carbocycles. The topological polar surface area (TPSA) is 80.4 Å². The summed E-state index contributed by atoms with van der Waals surface area (Å²) in [6.45, 7) is 2.51. The lowest BCUT2D eigenvalue weighted by atomic mass is 10.1. The van der Waals surface area contributed by atoms with E-state index < -0.39 is 12.1 Å². The molecule has 1 heterocycles. The molecule has 0 bridgehead atoms. The van der Waals surface area contributed by atoms with E-state index in [9.17, 15) is 9.59 Å².